The molecule has 1 aliphatic rings. The number of hydrogen-bond acceptors (Lipinski definition) is 6. The second kappa shape index (κ2) is 8.77. The molecule has 0 radical (unpaired) electrons. The van der Waals surface area contributed by atoms with Crippen LogP contribution in [0.2, 0.25) is 0 Å². The van der Waals surface area contributed by atoms with Gasteiger partial charge in [-0.2, -0.15) is 5.26 Å². The molecule has 5 rings (SSSR count). The molecule has 1 saturated heterocycles. The number of aromatic amines is 1. The predicted molar refractivity (Wildman–Crippen MR) is 132 cm³/mol. The molecule has 0 atom stereocenters. The Morgan fingerprint density at radius 1 is 1.03 bits per heavy atom. The van der Waals surface area contributed by atoms with Gasteiger partial charge in [-0.05, 0) is 54.9 Å². The fraction of sp³-hybridized carbons (Fsp3) is 0.192. The molecule has 0 aliphatic carbocycles. The van der Waals surface area contributed by atoms with Gasteiger partial charge in [0.15, 0.2) is 0 Å². The van der Waals surface area contributed by atoms with E-state index in [-0.39, 0.29) is 5.56 Å². The van der Waals surface area contributed by atoms with Crippen LogP contribution in [-0.4, -0.2) is 48.1 Å². The monoisotopic (exact) mass is 436 g/mol. The molecule has 0 spiro atoms. The summed E-state index contributed by atoms with van der Waals surface area (Å²) in [6, 6.07) is 21.5. The fourth-order valence-electron chi connectivity index (χ4n) is 4.20. The molecule has 7 heteroatoms. The van der Waals surface area contributed by atoms with Gasteiger partial charge in [-0.25, -0.2) is 4.98 Å². The Morgan fingerprint density at radius 2 is 1.79 bits per heavy atom. The quantitative estimate of drug-likeness (QED) is 0.504. The highest BCUT2D eigenvalue weighted by Gasteiger charge is 2.15. The van der Waals surface area contributed by atoms with Crippen molar-refractivity contribution in [2.45, 2.75) is 0 Å². The summed E-state index contributed by atoms with van der Waals surface area (Å²) >= 11 is 0. The second-order valence-corrected chi connectivity index (χ2v) is 8.25. The Balaban J connectivity index is 1.52. The van der Waals surface area contributed by atoms with Gasteiger partial charge >= 0.3 is 0 Å². The van der Waals surface area contributed by atoms with Gasteiger partial charge in [-0.1, -0.05) is 18.2 Å². The van der Waals surface area contributed by atoms with Crippen LogP contribution in [0.3, 0.4) is 0 Å². The Labute approximate surface area is 191 Å². The van der Waals surface area contributed by atoms with E-state index in [2.05, 4.69) is 45.4 Å². The highest BCUT2D eigenvalue weighted by molar-refractivity contribution is 5.95. The van der Waals surface area contributed by atoms with Crippen LogP contribution in [0.5, 0.6) is 0 Å². The molecule has 33 heavy (non-hydrogen) atoms. The van der Waals surface area contributed by atoms with E-state index in [0.29, 0.717) is 22.5 Å². The van der Waals surface area contributed by atoms with Crippen molar-refractivity contribution in [3.8, 4) is 17.3 Å². The van der Waals surface area contributed by atoms with Gasteiger partial charge in [0.25, 0.3) is 5.56 Å². The number of pyridine rings is 2. The number of fused-ring (bicyclic) bond motifs is 1. The van der Waals surface area contributed by atoms with Gasteiger partial charge in [0.1, 0.15) is 5.82 Å². The number of nitriles is 1. The lowest BCUT2D eigenvalue weighted by Gasteiger charge is -2.34. The zero-order valence-electron chi connectivity index (χ0n) is 18.4. The highest BCUT2D eigenvalue weighted by Crippen LogP contribution is 2.30. The first-order valence-corrected chi connectivity index (χ1v) is 10.9. The molecule has 4 aromatic rings. The maximum atomic E-state index is 12.6. The summed E-state index contributed by atoms with van der Waals surface area (Å²) in [5.74, 6) is 0.462. The lowest BCUT2D eigenvalue weighted by Crippen LogP contribution is -2.44. The molecule has 0 unspecified atom stereocenters. The number of rotatable bonds is 4. The first-order chi connectivity index (χ1) is 16.1. The summed E-state index contributed by atoms with van der Waals surface area (Å²) in [7, 11) is 2.15. The van der Waals surface area contributed by atoms with Crippen LogP contribution < -0.4 is 15.8 Å². The van der Waals surface area contributed by atoms with Gasteiger partial charge in [0, 0.05) is 49.3 Å². The molecular formula is C26H24N6O. The smallest absolute Gasteiger partial charge is 0.259 e. The molecule has 3 heterocycles. The number of anilines is 3. The maximum Gasteiger partial charge on any atom is 0.259 e. The summed E-state index contributed by atoms with van der Waals surface area (Å²) in [6.45, 7) is 4.11. The van der Waals surface area contributed by atoms with E-state index >= 15 is 0 Å². The van der Waals surface area contributed by atoms with Crippen LogP contribution >= 0.6 is 0 Å². The Morgan fingerprint density at radius 3 is 2.55 bits per heavy atom. The molecule has 1 aliphatic heterocycles. The van der Waals surface area contributed by atoms with Crippen molar-refractivity contribution in [1.29, 1.82) is 5.26 Å². The molecule has 7 nitrogen and oxygen atoms in total. The summed E-state index contributed by atoms with van der Waals surface area (Å²) < 4.78 is 0. The van der Waals surface area contributed by atoms with Crippen molar-refractivity contribution in [3.05, 3.63) is 82.8 Å². The van der Waals surface area contributed by atoms with Gasteiger partial charge in [-0.15, -0.1) is 0 Å². The zero-order chi connectivity index (χ0) is 22.8. The molecule has 2 N–H and O–H groups in total. The van der Waals surface area contributed by atoms with Crippen LogP contribution in [0.1, 0.15) is 5.56 Å². The third-order valence-electron chi connectivity index (χ3n) is 6.08. The first-order valence-electron chi connectivity index (χ1n) is 10.9. The fourth-order valence-corrected chi connectivity index (χ4v) is 4.20. The number of aromatic nitrogens is 2. The average molecular weight is 437 g/mol. The molecular weight excluding hydrogens is 412 g/mol. The molecule has 2 aromatic heterocycles. The highest BCUT2D eigenvalue weighted by atomic mass is 16.1. The van der Waals surface area contributed by atoms with Crippen molar-refractivity contribution in [2.75, 3.05) is 43.4 Å². The number of hydrogen-bond donors (Lipinski definition) is 2. The maximum absolute atomic E-state index is 12.6. The predicted octanol–water partition coefficient (Wildman–Crippen LogP) is 3.96. The molecule has 0 bridgehead atoms. The zero-order valence-corrected chi connectivity index (χ0v) is 18.4. The first kappa shape index (κ1) is 20.7. The van der Waals surface area contributed by atoms with E-state index in [1.807, 2.05) is 42.5 Å². The number of H-pyrrole nitrogens is 1. The van der Waals surface area contributed by atoms with Gasteiger partial charge in [0.2, 0.25) is 0 Å². The largest absolute Gasteiger partial charge is 0.369 e. The topological polar surface area (TPSA) is 88.0 Å². The standard InChI is InChI=1S/C26H24N6O/c1-31-12-14-32(15-13-31)21-8-6-20(7-9-21)29-25-24-18(10-11-28-26(24)33)16-23(30-25)22-5-3-2-4-19(22)17-27/h2-11,16H,12-15H2,1H3,(H,28,33)(H,29,30). The number of benzene rings is 2. The molecule has 2 aromatic carbocycles. The van der Waals surface area contributed by atoms with E-state index in [1.54, 1.807) is 12.3 Å². The summed E-state index contributed by atoms with van der Waals surface area (Å²) in [5, 5.41) is 14.1. The van der Waals surface area contributed by atoms with Gasteiger partial charge < -0.3 is 20.1 Å². The SMILES string of the molecule is CN1CCN(c2ccc(Nc3nc(-c4ccccc4C#N)cc4cc[nH]c(=O)c34)cc2)CC1. The van der Waals surface area contributed by atoms with Crippen molar-refractivity contribution in [1.82, 2.24) is 14.9 Å². The molecule has 164 valence electrons. The van der Waals surface area contributed by atoms with E-state index in [0.717, 1.165) is 42.8 Å². The van der Waals surface area contributed by atoms with Crippen LogP contribution in [0.25, 0.3) is 22.0 Å². The lowest BCUT2D eigenvalue weighted by atomic mass is 10.0. The minimum absolute atomic E-state index is 0.211. The lowest BCUT2D eigenvalue weighted by molar-refractivity contribution is 0.313. The van der Waals surface area contributed by atoms with Crippen LogP contribution in [0.15, 0.2) is 71.7 Å². The number of piperazine rings is 1. The normalized spacial score (nSPS) is 14.2. The van der Waals surface area contributed by atoms with E-state index in [4.69, 9.17) is 4.98 Å². The summed E-state index contributed by atoms with van der Waals surface area (Å²) in [4.78, 5) is 24.9. The van der Waals surface area contributed by atoms with E-state index in [9.17, 15) is 10.1 Å². The third kappa shape index (κ3) is 4.16. The number of nitrogens with zero attached hydrogens (tertiary/aromatic N) is 4. The average Bonchev–Trinajstić information content (AvgIpc) is 2.85. The third-order valence-corrected chi connectivity index (χ3v) is 6.08. The summed E-state index contributed by atoms with van der Waals surface area (Å²) in [6.07, 6.45) is 1.62. The Bertz CT molecular complexity index is 1400. The van der Waals surface area contributed by atoms with Crippen LogP contribution in [-0.2, 0) is 0 Å². The van der Waals surface area contributed by atoms with Crippen molar-refractivity contribution < 1.29 is 0 Å². The molecule has 1 fully saturated rings. The van der Waals surface area contributed by atoms with Crippen molar-refractivity contribution >= 4 is 28.0 Å². The number of nitrogens with one attached hydrogen (secondary N) is 2. The van der Waals surface area contributed by atoms with Crippen molar-refractivity contribution in [2.24, 2.45) is 0 Å². The van der Waals surface area contributed by atoms with E-state index in [1.165, 1.54) is 5.69 Å². The Kier molecular flexibility index (Phi) is 5.51. The minimum Gasteiger partial charge on any atom is -0.369 e. The van der Waals surface area contributed by atoms with Crippen LogP contribution in [0.4, 0.5) is 17.2 Å². The van der Waals surface area contributed by atoms with Gasteiger partial charge in [0.05, 0.1) is 22.7 Å². The number of likely N-dealkylation sites (N-methyl/N-ethyl adjacent to an activating group) is 1. The van der Waals surface area contributed by atoms with Gasteiger partial charge in [-0.3, -0.25) is 4.79 Å². The summed E-state index contributed by atoms with van der Waals surface area (Å²) in [5.41, 5.74) is 3.72. The second-order valence-electron chi connectivity index (χ2n) is 8.25. The molecule has 0 amide bonds. The minimum atomic E-state index is -0.211. The van der Waals surface area contributed by atoms with Crippen molar-refractivity contribution in [3.63, 3.8) is 0 Å². The van der Waals surface area contributed by atoms with E-state index < -0.39 is 0 Å². The molecule has 0 saturated carbocycles. The van der Waals surface area contributed by atoms with Crippen LogP contribution in [0, 0.1) is 11.3 Å². The Hall–Kier alpha value is -4.15.